The van der Waals surface area contributed by atoms with Crippen LogP contribution in [0.25, 0.3) is 10.9 Å². The number of rotatable bonds is 4. The minimum atomic E-state index is -5.16. The van der Waals surface area contributed by atoms with Crippen molar-refractivity contribution in [2.24, 2.45) is 0 Å². The van der Waals surface area contributed by atoms with Crippen LogP contribution in [-0.2, 0) is 16.0 Å². The molecule has 0 fully saturated rings. The molecule has 0 saturated heterocycles. The Hall–Kier alpha value is -2.22. The molecule has 5 nitrogen and oxygen atoms in total. The van der Waals surface area contributed by atoms with Gasteiger partial charge >= 0.3 is 18.1 Å². The lowest BCUT2D eigenvalue weighted by atomic mass is 10.0. The molecule has 0 spiro atoms. The number of hydrogen-bond acceptors (Lipinski definition) is 2. The highest BCUT2D eigenvalue weighted by atomic mass is 35.5. The van der Waals surface area contributed by atoms with Gasteiger partial charge in [-0.25, -0.2) is 4.79 Å². The predicted octanol–water partition coefficient (Wildman–Crippen LogP) is 2.50. The van der Waals surface area contributed by atoms with Crippen molar-refractivity contribution in [3.8, 4) is 0 Å². The summed E-state index contributed by atoms with van der Waals surface area (Å²) in [6.07, 6.45) is -5.53. The number of aromatic nitrogens is 1. The van der Waals surface area contributed by atoms with E-state index in [1.54, 1.807) is 24.3 Å². The fraction of sp³-hybridized carbons (Fsp3) is 0.231. The molecule has 9 heteroatoms. The fourth-order valence-electron chi connectivity index (χ4n) is 2.01. The van der Waals surface area contributed by atoms with E-state index in [0.717, 1.165) is 0 Å². The first-order chi connectivity index (χ1) is 10.2. The molecule has 1 heterocycles. The maximum absolute atomic E-state index is 12.2. The SMILES string of the molecule is O=C(O)[C@H](Cc1c(Cl)[nH]c2ccccc12)NC(=O)C(F)(F)F. The van der Waals surface area contributed by atoms with E-state index in [4.69, 9.17) is 16.7 Å². The number of aliphatic carboxylic acids is 1. The average molecular weight is 335 g/mol. The summed E-state index contributed by atoms with van der Waals surface area (Å²) in [5.74, 6) is -3.89. The van der Waals surface area contributed by atoms with Gasteiger partial charge in [0.2, 0.25) is 0 Å². The molecular weight excluding hydrogens is 325 g/mol. The third-order valence-corrected chi connectivity index (χ3v) is 3.35. The zero-order chi connectivity index (χ0) is 16.5. The maximum atomic E-state index is 12.2. The Morgan fingerprint density at radius 3 is 2.55 bits per heavy atom. The molecule has 0 bridgehead atoms. The van der Waals surface area contributed by atoms with Gasteiger partial charge in [0.15, 0.2) is 0 Å². The zero-order valence-electron chi connectivity index (χ0n) is 10.9. The number of fused-ring (bicyclic) bond motifs is 1. The van der Waals surface area contributed by atoms with Gasteiger partial charge < -0.3 is 15.4 Å². The monoisotopic (exact) mass is 334 g/mol. The molecule has 2 rings (SSSR count). The van der Waals surface area contributed by atoms with Crippen molar-refractivity contribution < 1.29 is 27.9 Å². The Kier molecular flexibility index (Phi) is 4.32. The van der Waals surface area contributed by atoms with Gasteiger partial charge in [-0.05, 0) is 11.6 Å². The smallest absolute Gasteiger partial charge is 0.471 e. The number of carboxylic acids is 1. The van der Waals surface area contributed by atoms with Crippen LogP contribution in [0.5, 0.6) is 0 Å². The van der Waals surface area contributed by atoms with E-state index >= 15 is 0 Å². The highest BCUT2D eigenvalue weighted by Crippen LogP contribution is 2.27. The van der Waals surface area contributed by atoms with Crippen LogP contribution in [-0.4, -0.2) is 34.2 Å². The van der Waals surface area contributed by atoms with Gasteiger partial charge in [0.25, 0.3) is 0 Å². The molecule has 2 aromatic rings. The third-order valence-electron chi connectivity index (χ3n) is 3.03. The Bertz CT molecular complexity index is 727. The first-order valence-corrected chi connectivity index (χ1v) is 6.43. The van der Waals surface area contributed by atoms with Crippen LogP contribution in [0.3, 0.4) is 0 Å². The van der Waals surface area contributed by atoms with Gasteiger partial charge in [-0.1, -0.05) is 29.8 Å². The first-order valence-electron chi connectivity index (χ1n) is 6.05. The number of carbonyl (C=O) groups excluding carboxylic acids is 1. The number of carbonyl (C=O) groups is 2. The molecule has 1 aromatic heterocycles. The lowest BCUT2D eigenvalue weighted by Gasteiger charge is -2.15. The van der Waals surface area contributed by atoms with E-state index in [1.165, 1.54) is 5.32 Å². The van der Waals surface area contributed by atoms with Crippen LogP contribution in [0.15, 0.2) is 24.3 Å². The Morgan fingerprint density at radius 1 is 1.32 bits per heavy atom. The van der Waals surface area contributed by atoms with E-state index < -0.39 is 24.1 Å². The van der Waals surface area contributed by atoms with E-state index in [1.807, 2.05) is 0 Å². The van der Waals surface area contributed by atoms with E-state index in [2.05, 4.69) is 4.98 Å². The van der Waals surface area contributed by atoms with Crippen LogP contribution in [0.4, 0.5) is 13.2 Å². The highest BCUT2D eigenvalue weighted by molar-refractivity contribution is 6.31. The van der Waals surface area contributed by atoms with Crippen molar-refractivity contribution in [1.82, 2.24) is 10.3 Å². The van der Waals surface area contributed by atoms with Crippen molar-refractivity contribution >= 4 is 34.4 Å². The number of amides is 1. The maximum Gasteiger partial charge on any atom is 0.471 e. The number of aromatic amines is 1. The summed E-state index contributed by atoms with van der Waals surface area (Å²) in [6.45, 7) is 0. The van der Waals surface area contributed by atoms with Crippen molar-refractivity contribution in [1.29, 1.82) is 0 Å². The molecule has 0 aliphatic heterocycles. The molecule has 118 valence electrons. The van der Waals surface area contributed by atoms with Crippen molar-refractivity contribution in [2.45, 2.75) is 18.6 Å². The van der Waals surface area contributed by atoms with E-state index in [-0.39, 0.29) is 11.6 Å². The van der Waals surface area contributed by atoms with Gasteiger partial charge in [-0.15, -0.1) is 0 Å². The van der Waals surface area contributed by atoms with Crippen LogP contribution in [0.2, 0.25) is 5.15 Å². The van der Waals surface area contributed by atoms with Crippen LogP contribution in [0, 0.1) is 0 Å². The normalized spacial score (nSPS) is 13.1. The molecule has 0 aliphatic carbocycles. The molecule has 22 heavy (non-hydrogen) atoms. The highest BCUT2D eigenvalue weighted by Gasteiger charge is 2.41. The number of carboxylic acid groups (broad SMARTS) is 1. The minimum Gasteiger partial charge on any atom is -0.480 e. The Morgan fingerprint density at radius 2 is 1.95 bits per heavy atom. The van der Waals surface area contributed by atoms with Crippen LogP contribution in [0.1, 0.15) is 5.56 Å². The van der Waals surface area contributed by atoms with E-state index in [9.17, 15) is 22.8 Å². The second kappa shape index (κ2) is 5.88. The summed E-state index contributed by atoms with van der Waals surface area (Å²) in [7, 11) is 0. The van der Waals surface area contributed by atoms with Crippen molar-refractivity contribution in [3.05, 3.63) is 35.0 Å². The molecule has 0 unspecified atom stereocenters. The number of para-hydroxylation sites is 1. The molecule has 0 aliphatic rings. The molecule has 3 N–H and O–H groups in total. The average Bonchev–Trinajstić information content (AvgIpc) is 2.73. The molecular formula is C13H10ClF3N2O3. The summed E-state index contributed by atoms with van der Waals surface area (Å²) in [5.41, 5.74) is 0.945. The number of nitrogens with one attached hydrogen (secondary N) is 2. The van der Waals surface area contributed by atoms with Gasteiger partial charge in [0.05, 0.1) is 0 Å². The minimum absolute atomic E-state index is 0.119. The van der Waals surface area contributed by atoms with E-state index in [0.29, 0.717) is 16.5 Å². The summed E-state index contributed by atoms with van der Waals surface area (Å²) >= 11 is 5.96. The summed E-state index contributed by atoms with van der Waals surface area (Å²) in [4.78, 5) is 24.8. The second-order valence-electron chi connectivity index (χ2n) is 4.53. The summed E-state index contributed by atoms with van der Waals surface area (Å²) in [5, 5.41) is 11.2. The van der Waals surface area contributed by atoms with Crippen molar-refractivity contribution in [2.75, 3.05) is 0 Å². The van der Waals surface area contributed by atoms with Crippen LogP contribution >= 0.6 is 11.6 Å². The molecule has 0 saturated carbocycles. The zero-order valence-corrected chi connectivity index (χ0v) is 11.6. The summed E-state index contributed by atoms with van der Waals surface area (Å²) in [6, 6.07) is 5.00. The van der Waals surface area contributed by atoms with Crippen molar-refractivity contribution in [3.63, 3.8) is 0 Å². The standard InChI is InChI=1S/C13H10ClF3N2O3/c14-10-7(6-3-1-2-4-8(6)18-10)5-9(11(20)21)19-12(22)13(15,16)17/h1-4,9,18H,5H2,(H,19,22)(H,20,21)/t9-/m0/s1. The Labute approximate surface area is 127 Å². The topological polar surface area (TPSA) is 82.2 Å². The summed E-state index contributed by atoms with van der Waals surface area (Å²) < 4.78 is 36.7. The molecule has 1 aromatic carbocycles. The number of hydrogen-bond donors (Lipinski definition) is 3. The largest absolute Gasteiger partial charge is 0.480 e. The number of halogens is 4. The van der Waals surface area contributed by atoms with Gasteiger partial charge in [-0.3, -0.25) is 4.79 Å². The lowest BCUT2D eigenvalue weighted by molar-refractivity contribution is -0.175. The van der Waals surface area contributed by atoms with Gasteiger partial charge in [-0.2, -0.15) is 13.2 Å². The number of H-pyrrole nitrogens is 1. The van der Waals surface area contributed by atoms with Gasteiger partial charge in [0, 0.05) is 17.3 Å². The number of benzene rings is 1. The first kappa shape index (κ1) is 16.2. The molecule has 0 radical (unpaired) electrons. The third kappa shape index (κ3) is 3.33. The molecule has 1 atom stereocenters. The second-order valence-corrected chi connectivity index (χ2v) is 4.91. The molecule has 1 amide bonds. The number of alkyl halides is 3. The van der Waals surface area contributed by atoms with Gasteiger partial charge in [0.1, 0.15) is 11.2 Å². The predicted molar refractivity (Wildman–Crippen MR) is 72.6 cm³/mol. The van der Waals surface area contributed by atoms with Crippen LogP contribution < -0.4 is 5.32 Å². The quantitative estimate of drug-likeness (QED) is 0.803. The Balaban J connectivity index is 2.29. The lowest BCUT2D eigenvalue weighted by Crippen LogP contribution is -2.47. The fourth-order valence-corrected chi connectivity index (χ4v) is 2.29.